The zero-order chi connectivity index (χ0) is 3.58. The smallest absolute Gasteiger partial charge is 0.0148 e. The molecular formula is C2H10ClNOS. The summed E-state index contributed by atoms with van der Waals surface area (Å²) in [5.74, 6) is 0. The first-order valence-corrected chi connectivity index (χ1v) is 2.95. The molecule has 6 heavy (non-hydrogen) atoms. The Kier molecular flexibility index (Phi) is 24.3. The largest absolute Gasteiger partial charge is 0.344 e. The molecule has 3 N–H and O–H groups in total. The number of rotatable bonds is 0. The number of hydrogen-bond acceptors (Lipinski definition) is 2. The molecule has 0 unspecified atom stereocenters. The van der Waals surface area contributed by atoms with Gasteiger partial charge in [0.15, 0.2) is 0 Å². The lowest BCUT2D eigenvalue weighted by Gasteiger charge is -1.60. The molecule has 0 spiro atoms. The Labute approximate surface area is 46.8 Å². The highest BCUT2D eigenvalue weighted by Gasteiger charge is 1.57. The van der Waals surface area contributed by atoms with Gasteiger partial charge in [0.25, 0.3) is 0 Å². The summed E-state index contributed by atoms with van der Waals surface area (Å²) in [4.78, 5) is 0. The zero-order valence-electron chi connectivity index (χ0n) is 3.93. The SMILES string of the molecule is CS(C)=O.Cl.N. The summed E-state index contributed by atoms with van der Waals surface area (Å²) < 4.78 is 9.56. The first kappa shape index (κ1) is 16.1. The maximum Gasteiger partial charge on any atom is 0.0148 e. The van der Waals surface area contributed by atoms with Gasteiger partial charge in [-0.3, -0.25) is 4.21 Å². The monoisotopic (exact) mass is 131 g/mol. The van der Waals surface area contributed by atoms with Crippen LogP contribution in [0, 0.1) is 0 Å². The first-order chi connectivity index (χ1) is 1.73. The molecule has 0 rings (SSSR count). The average Bonchev–Trinajstić information content (AvgIpc) is 0.811. The predicted molar refractivity (Wildman–Crippen MR) is 32.3 cm³/mol. The molecule has 0 aliphatic rings. The third-order valence-corrected chi connectivity index (χ3v) is 0. The Balaban J connectivity index is -0.0000000450. The average molecular weight is 132 g/mol. The lowest BCUT2D eigenvalue weighted by Crippen LogP contribution is -1.70. The lowest BCUT2D eigenvalue weighted by atomic mass is 11.9. The van der Waals surface area contributed by atoms with E-state index in [0.29, 0.717) is 0 Å². The van der Waals surface area contributed by atoms with Crippen molar-refractivity contribution in [2.75, 3.05) is 12.5 Å². The second-order valence-corrected chi connectivity index (χ2v) is 2.22. The van der Waals surface area contributed by atoms with Crippen LogP contribution >= 0.6 is 12.4 Å². The molecule has 0 aromatic rings. The molecule has 0 radical (unpaired) electrons. The molecule has 0 saturated carbocycles. The summed E-state index contributed by atoms with van der Waals surface area (Å²) in [5, 5.41) is 0. The molecule has 0 heterocycles. The van der Waals surface area contributed by atoms with E-state index in [1.165, 1.54) is 0 Å². The van der Waals surface area contributed by atoms with E-state index >= 15 is 0 Å². The highest BCUT2D eigenvalue weighted by atomic mass is 35.5. The Hall–Kier alpha value is 0.400. The van der Waals surface area contributed by atoms with Crippen LogP contribution in [0.5, 0.6) is 0 Å². The highest BCUT2D eigenvalue weighted by molar-refractivity contribution is 7.83. The van der Waals surface area contributed by atoms with Gasteiger partial charge in [0, 0.05) is 23.3 Å². The normalized spacial score (nSPS) is 5.83. The number of halogens is 1. The summed E-state index contributed by atoms with van der Waals surface area (Å²) >= 11 is 0. The highest BCUT2D eigenvalue weighted by Crippen LogP contribution is 1.47. The van der Waals surface area contributed by atoms with Gasteiger partial charge in [-0.25, -0.2) is 0 Å². The minimum Gasteiger partial charge on any atom is -0.344 e. The van der Waals surface area contributed by atoms with Crippen LogP contribution in [0.1, 0.15) is 0 Å². The Morgan fingerprint density at radius 1 is 1.33 bits per heavy atom. The van der Waals surface area contributed by atoms with E-state index in [4.69, 9.17) is 0 Å². The van der Waals surface area contributed by atoms with E-state index in [1.807, 2.05) is 0 Å². The molecule has 0 bridgehead atoms. The summed E-state index contributed by atoms with van der Waals surface area (Å²) in [6.07, 6.45) is 3.28. The van der Waals surface area contributed by atoms with Crippen LogP contribution in [0.25, 0.3) is 0 Å². The topological polar surface area (TPSA) is 52.1 Å². The van der Waals surface area contributed by atoms with Crippen LogP contribution in [0.3, 0.4) is 0 Å². The lowest BCUT2D eigenvalue weighted by molar-refractivity contribution is 0.690. The van der Waals surface area contributed by atoms with Gasteiger partial charge in [-0.15, -0.1) is 12.4 Å². The summed E-state index contributed by atoms with van der Waals surface area (Å²) in [5.41, 5.74) is 0. The fourth-order valence-electron chi connectivity index (χ4n) is 0. The van der Waals surface area contributed by atoms with Crippen molar-refractivity contribution in [3.8, 4) is 0 Å². The molecule has 4 heteroatoms. The van der Waals surface area contributed by atoms with Crippen molar-refractivity contribution >= 4 is 23.2 Å². The van der Waals surface area contributed by atoms with Crippen LogP contribution < -0.4 is 6.15 Å². The molecule has 0 aliphatic heterocycles. The van der Waals surface area contributed by atoms with Crippen molar-refractivity contribution in [2.45, 2.75) is 0 Å². The molecule has 0 amide bonds. The third-order valence-electron chi connectivity index (χ3n) is 0. The first-order valence-electron chi connectivity index (χ1n) is 0.983. The van der Waals surface area contributed by atoms with Crippen LogP contribution in [0.2, 0.25) is 0 Å². The summed E-state index contributed by atoms with van der Waals surface area (Å²) in [6.45, 7) is 0. The minimum atomic E-state index is -0.611. The van der Waals surface area contributed by atoms with Crippen LogP contribution in [-0.4, -0.2) is 16.7 Å². The van der Waals surface area contributed by atoms with Gasteiger partial charge in [-0.2, -0.15) is 0 Å². The van der Waals surface area contributed by atoms with Gasteiger partial charge in [-0.1, -0.05) is 0 Å². The maximum atomic E-state index is 9.56. The molecular weight excluding hydrogens is 122 g/mol. The van der Waals surface area contributed by atoms with Crippen molar-refractivity contribution in [2.24, 2.45) is 0 Å². The second kappa shape index (κ2) is 9.04. The van der Waals surface area contributed by atoms with Gasteiger partial charge in [0.1, 0.15) is 0 Å². The molecule has 0 aliphatic carbocycles. The standard InChI is InChI=1S/C2H6OS.ClH.H3N/c1-4(2)3;;/h1-2H3;1H;1H3. The zero-order valence-corrected chi connectivity index (χ0v) is 5.56. The van der Waals surface area contributed by atoms with Crippen molar-refractivity contribution in [3.63, 3.8) is 0 Å². The molecule has 0 saturated heterocycles. The Bertz CT molecular complexity index is 36.5. The van der Waals surface area contributed by atoms with Crippen molar-refractivity contribution in [1.29, 1.82) is 0 Å². The molecule has 2 nitrogen and oxygen atoms in total. The van der Waals surface area contributed by atoms with Gasteiger partial charge in [0.05, 0.1) is 0 Å². The molecule has 42 valence electrons. The van der Waals surface area contributed by atoms with Crippen LogP contribution in [0.4, 0.5) is 0 Å². The van der Waals surface area contributed by atoms with Crippen LogP contribution in [0.15, 0.2) is 0 Å². The Morgan fingerprint density at radius 3 is 1.33 bits per heavy atom. The number of hydrogen-bond donors (Lipinski definition) is 1. The van der Waals surface area contributed by atoms with E-state index in [2.05, 4.69) is 0 Å². The molecule has 0 fully saturated rings. The fourth-order valence-corrected chi connectivity index (χ4v) is 0. The van der Waals surface area contributed by atoms with Crippen molar-refractivity contribution < 1.29 is 4.21 Å². The van der Waals surface area contributed by atoms with Gasteiger partial charge >= 0.3 is 0 Å². The van der Waals surface area contributed by atoms with Gasteiger partial charge in [-0.05, 0) is 0 Å². The maximum absolute atomic E-state index is 9.56. The quantitative estimate of drug-likeness (QED) is 0.523. The predicted octanol–water partition coefficient (Wildman–Crippen LogP) is 0.579. The van der Waals surface area contributed by atoms with Crippen LogP contribution in [-0.2, 0) is 10.8 Å². The molecule has 0 aromatic carbocycles. The minimum absolute atomic E-state index is 0. The van der Waals surface area contributed by atoms with Crippen molar-refractivity contribution in [3.05, 3.63) is 0 Å². The second-order valence-electron chi connectivity index (χ2n) is 0.742. The van der Waals surface area contributed by atoms with Crippen molar-refractivity contribution in [1.82, 2.24) is 6.15 Å². The van der Waals surface area contributed by atoms with Gasteiger partial charge < -0.3 is 6.15 Å². The van der Waals surface area contributed by atoms with E-state index < -0.39 is 10.8 Å². The van der Waals surface area contributed by atoms with E-state index in [-0.39, 0.29) is 18.6 Å². The Morgan fingerprint density at radius 2 is 1.33 bits per heavy atom. The molecule has 0 aromatic heterocycles. The summed E-state index contributed by atoms with van der Waals surface area (Å²) in [6, 6.07) is 0. The molecule has 0 atom stereocenters. The third kappa shape index (κ3) is 318. The summed E-state index contributed by atoms with van der Waals surface area (Å²) in [7, 11) is -0.611. The van der Waals surface area contributed by atoms with E-state index in [0.717, 1.165) is 0 Å². The van der Waals surface area contributed by atoms with E-state index in [9.17, 15) is 4.21 Å². The van der Waals surface area contributed by atoms with E-state index in [1.54, 1.807) is 12.5 Å². The van der Waals surface area contributed by atoms with Gasteiger partial charge in [0.2, 0.25) is 0 Å². The fraction of sp³-hybridized carbons (Fsp3) is 1.00.